The maximum atomic E-state index is 5.80. The molecule has 2 atom stereocenters. The molecule has 4 heteroatoms. The molecule has 21 heavy (non-hydrogen) atoms. The number of nitrogens with two attached hydrogens (primary N) is 1. The van der Waals surface area contributed by atoms with E-state index in [1.54, 1.807) is 0 Å². The van der Waals surface area contributed by atoms with Crippen LogP contribution in [0.4, 0.5) is 11.8 Å². The highest BCUT2D eigenvalue weighted by Crippen LogP contribution is 2.30. The van der Waals surface area contributed by atoms with Crippen LogP contribution in [0.25, 0.3) is 10.9 Å². The fourth-order valence-corrected chi connectivity index (χ4v) is 3.45. The van der Waals surface area contributed by atoms with Gasteiger partial charge in [0, 0.05) is 11.9 Å². The van der Waals surface area contributed by atoms with E-state index in [4.69, 9.17) is 5.73 Å². The van der Waals surface area contributed by atoms with E-state index in [1.165, 1.54) is 32.1 Å². The number of aromatic nitrogens is 2. The van der Waals surface area contributed by atoms with Crippen molar-refractivity contribution in [1.29, 1.82) is 0 Å². The molecular formula is C17H24N4. The van der Waals surface area contributed by atoms with Crippen molar-refractivity contribution in [3.63, 3.8) is 0 Å². The summed E-state index contributed by atoms with van der Waals surface area (Å²) in [6.07, 6.45) is 6.74. The molecule has 3 rings (SSSR count). The van der Waals surface area contributed by atoms with Crippen molar-refractivity contribution in [1.82, 2.24) is 9.97 Å². The molecule has 0 spiro atoms. The van der Waals surface area contributed by atoms with Crippen molar-refractivity contribution in [3.8, 4) is 0 Å². The van der Waals surface area contributed by atoms with Crippen LogP contribution in [-0.2, 0) is 0 Å². The van der Waals surface area contributed by atoms with Gasteiger partial charge in [-0.2, -0.15) is 4.98 Å². The second-order valence-electron chi connectivity index (χ2n) is 6.30. The molecule has 1 aliphatic carbocycles. The Morgan fingerprint density at radius 3 is 2.95 bits per heavy atom. The number of para-hydroxylation sites is 1. The Morgan fingerprint density at radius 2 is 2.10 bits per heavy atom. The van der Waals surface area contributed by atoms with E-state index in [9.17, 15) is 0 Å². The molecule has 3 N–H and O–H groups in total. The number of nitrogens with zero attached hydrogens (tertiary/aromatic N) is 2. The molecule has 1 aromatic carbocycles. The molecule has 4 nitrogen and oxygen atoms in total. The molecule has 1 heterocycles. The average molecular weight is 284 g/mol. The summed E-state index contributed by atoms with van der Waals surface area (Å²) in [6.45, 7) is 3.33. The molecule has 1 aliphatic rings. The Hall–Kier alpha value is -1.84. The van der Waals surface area contributed by atoms with Gasteiger partial charge in [-0.05, 0) is 36.8 Å². The van der Waals surface area contributed by atoms with E-state index >= 15 is 0 Å². The first-order valence-electron chi connectivity index (χ1n) is 7.98. The number of hydrogen-bond acceptors (Lipinski definition) is 4. The van der Waals surface area contributed by atoms with Crippen molar-refractivity contribution in [3.05, 3.63) is 24.3 Å². The van der Waals surface area contributed by atoms with Gasteiger partial charge < -0.3 is 11.1 Å². The molecule has 0 amide bonds. The van der Waals surface area contributed by atoms with Crippen LogP contribution in [0.5, 0.6) is 0 Å². The topological polar surface area (TPSA) is 63.8 Å². The Bertz CT molecular complexity index is 611. The number of nitrogens with one attached hydrogen (secondary N) is 1. The van der Waals surface area contributed by atoms with Gasteiger partial charge >= 0.3 is 0 Å². The molecule has 0 aliphatic heterocycles. The summed E-state index contributed by atoms with van der Waals surface area (Å²) in [4.78, 5) is 8.63. The van der Waals surface area contributed by atoms with E-state index in [2.05, 4.69) is 22.2 Å². The maximum absolute atomic E-state index is 5.80. The first-order chi connectivity index (χ1) is 10.2. The molecule has 1 fully saturated rings. The molecule has 2 unspecified atom stereocenters. The summed E-state index contributed by atoms with van der Waals surface area (Å²) in [7, 11) is 0. The van der Waals surface area contributed by atoms with Gasteiger partial charge in [-0.25, -0.2) is 4.98 Å². The lowest BCUT2D eigenvalue weighted by Gasteiger charge is -2.26. The highest BCUT2D eigenvalue weighted by molar-refractivity contribution is 5.89. The summed E-state index contributed by atoms with van der Waals surface area (Å²) in [5.74, 6) is 2.94. The standard InChI is InChI=1S/C17H24N4/c1-12-5-4-6-13(11-12)9-10-19-16-14-7-2-3-8-15(14)20-17(18)21-16/h2-3,7-8,12-13H,4-6,9-11H2,1H3,(H3,18,19,20,21). The highest BCUT2D eigenvalue weighted by atomic mass is 15.1. The van der Waals surface area contributed by atoms with Crippen molar-refractivity contribution in [2.75, 3.05) is 17.6 Å². The lowest BCUT2D eigenvalue weighted by molar-refractivity contribution is 0.274. The fraction of sp³-hybridized carbons (Fsp3) is 0.529. The minimum absolute atomic E-state index is 0.336. The molecule has 1 saturated carbocycles. The van der Waals surface area contributed by atoms with Gasteiger partial charge in [-0.15, -0.1) is 0 Å². The smallest absolute Gasteiger partial charge is 0.222 e. The zero-order chi connectivity index (χ0) is 14.7. The van der Waals surface area contributed by atoms with E-state index in [-0.39, 0.29) is 0 Å². The van der Waals surface area contributed by atoms with Crippen molar-refractivity contribution < 1.29 is 0 Å². The molecule has 112 valence electrons. The SMILES string of the molecule is CC1CCCC(CCNc2nc(N)nc3ccccc23)C1. The summed E-state index contributed by atoms with van der Waals surface area (Å²) in [5, 5.41) is 4.50. The van der Waals surface area contributed by atoms with Crippen LogP contribution in [0, 0.1) is 11.8 Å². The second kappa shape index (κ2) is 6.29. The lowest BCUT2D eigenvalue weighted by atomic mass is 9.81. The van der Waals surface area contributed by atoms with E-state index in [1.807, 2.05) is 24.3 Å². The predicted molar refractivity (Wildman–Crippen MR) is 88.2 cm³/mol. The summed E-state index contributed by atoms with van der Waals surface area (Å²) < 4.78 is 0. The zero-order valence-electron chi connectivity index (χ0n) is 12.7. The van der Waals surface area contributed by atoms with E-state index < -0.39 is 0 Å². The number of benzene rings is 1. The van der Waals surface area contributed by atoms with Gasteiger partial charge in [0.2, 0.25) is 5.95 Å². The summed E-state index contributed by atoms with van der Waals surface area (Å²) >= 11 is 0. The van der Waals surface area contributed by atoms with Crippen LogP contribution in [0.1, 0.15) is 39.0 Å². The lowest BCUT2D eigenvalue weighted by Crippen LogP contribution is -2.17. The Morgan fingerprint density at radius 1 is 1.24 bits per heavy atom. The van der Waals surface area contributed by atoms with Gasteiger partial charge in [-0.1, -0.05) is 38.3 Å². The van der Waals surface area contributed by atoms with Crippen molar-refractivity contribution in [2.24, 2.45) is 11.8 Å². The third-order valence-corrected chi connectivity index (χ3v) is 4.51. The van der Waals surface area contributed by atoms with Crippen LogP contribution >= 0.6 is 0 Å². The monoisotopic (exact) mass is 284 g/mol. The Balaban J connectivity index is 1.65. The molecule has 0 radical (unpaired) electrons. The third-order valence-electron chi connectivity index (χ3n) is 4.51. The maximum Gasteiger partial charge on any atom is 0.222 e. The number of anilines is 2. The molecular weight excluding hydrogens is 260 g/mol. The number of hydrogen-bond donors (Lipinski definition) is 2. The van der Waals surface area contributed by atoms with Crippen LogP contribution < -0.4 is 11.1 Å². The number of rotatable bonds is 4. The van der Waals surface area contributed by atoms with Crippen LogP contribution in [0.3, 0.4) is 0 Å². The second-order valence-corrected chi connectivity index (χ2v) is 6.30. The van der Waals surface area contributed by atoms with E-state index in [0.29, 0.717) is 5.95 Å². The number of fused-ring (bicyclic) bond motifs is 1. The normalized spacial score (nSPS) is 22.3. The Kier molecular flexibility index (Phi) is 4.23. The van der Waals surface area contributed by atoms with Crippen molar-refractivity contribution >= 4 is 22.7 Å². The predicted octanol–water partition coefficient (Wildman–Crippen LogP) is 3.84. The van der Waals surface area contributed by atoms with Gasteiger partial charge in [0.15, 0.2) is 0 Å². The molecule has 0 bridgehead atoms. The summed E-state index contributed by atoms with van der Waals surface area (Å²) in [6, 6.07) is 8.00. The van der Waals surface area contributed by atoms with Crippen LogP contribution in [0.2, 0.25) is 0 Å². The largest absolute Gasteiger partial charge is 0.369 e. The molecule has 2 aromatic rings. The van der Waals surface area contributed by atoms with E-state index in [0.717, 1.165) is 35.1 Å². The first kappa shape index (κ1) is 14.1. The van der Waals surface area contributed by atoms with Crippen LogP contribution in [0.15, 0.2) is 24.3 Å². The Labute approximate surface area is 126 Å². The minimum atomic E-state index is 0.336. The first-order valence-corrected chi connectivity index (χ1v) is 7.98. The zero-order valence-corrected chi connectivity index (χ0v) is 12.7. The van der Waals surface area contributed by atoms with Gasteiger partial charge in [0.05, 0.1) is 5.52 Å². The van der Waals surface area contributed by atoms with Gasteiger partial charge in [0.25, 0.3) is 0 Å². The fourth-order valence-electron chi connectivity index (χ4n) is 3.45. The quantitative estimate of drug-likeness (QED) is 0.895. The van der Waals surface area contributed by atoms with Crippen molar-refractivity contribution in [2.45, 2.75) is 39.0 Å². The minimum Gasteiger partial charge on any atom is -0.369 e. The average Bonchev–Trinajstić information content (AvgIpc) is 2.47. The molecule has 1 aromatic heterocycles. The van der Waals surface area contributed by atoms with Gasteiger partial charge in [-0.3, -0.25) is 0 Å². The highest BCUT2D eigenvalue weighted by Gasteiger charge is 2.18. The third kappa shape index (κ3) is 3.43. The summed E-state index contributed by atoms with van der Waals surface area (Å²) in [5.41, 5.74) is 6.70. The number of nitrogen functional groups attached to an aromatic ring is 1. The van der Waals surface area contributed by atoms with Crippen LogP contribution in [-0.4, -0.2) is 16.5 Å². The van der Waals surface area contributed by atoms with Gasteiger partial charge in [0.1, 0.15) is 5.82 Å². The molecule has 0 saturated heterocycles.